The van der Waals surface area contributed by atoms with E-state index in [4.69, 9.17) is 4.42 Å². The number of fused-ring (bicyclic) bond motifs is 1. The van der Waals surface area contributed by atoms with Gasteiger partial charge in [0.25, 0.3) is 5.91 Å². The molecule has 1 aliphatic rings. The summed E-state index contributed by atoms with van der Waals surface area (Å²) in [4.78, 5) is 38.1. The summed E-state index contributed by atoms with van der Waals surface area (Å²) in [6.45, 7) is 6.22. The van der Waals surface area contributed by atoms with Gasteiger partial charge in [-0.15, -0.1) is 0 Å². The number of carbonyl (C=O) groups excluding carboxylic acids is 3. The van der Waals surface area contributed by atoms with Gasteiger partial charge in [0.05, 0.1) is 0 Å². The van der Waals surface area contributed by atoms with Crippen LogP contribution in [0, 0.1) is 20.8 Å². The molecule has 2 N–H and O–H groups in total. The molecular weight excluding hydrogens is 346 g/mol. The zero-order valence-electron chi connectivity index (χ0n) is 16.0. The van der Waals surface area contributed by atoms with Crippen LogP contribution in [-0.4, -0.2) is 35.7 Å². The maximum atomic E-state index is 12.5. The molecule has 1 saturated heterocycles. The molecule has 7 nitrogen and oxygen atoms in total. The van der Waals surface area contributed by atoms with E-state index in [1.165, 1.54) is 4.90 Å². The van der Waals surface area contributed by atoms with Gasteiger partial charge >= 0.3 is 5.91 Å². The molecule has 0 atom stereocenters. The normalized spacial score (nSPS) is 14.9. The zero-order valence-corrected chi connectivity index (χ0v) is 16.0. The summed E-state index contributed by atoms with van der Waals surface area (Å²) in [5.41, 5.74) is 8.16. The van der Waals surface area contributed by atoms with E-state index in [2.05, 4.69) is 10.9 Å². The van der Waals surface area contributed by atoms with E-state index in [0.717, 1.165) is 41.3 Å². The van der Waals surface area contributed by atoms with Crippen LogP contribution in [0.2, 0.25) is 0 Å². The van der Waals surface area contributed by atoms with Crippen LogP contribution in [0.1, 0.15) is 52.9 Å². The van der Waals surface area contributed by atoms with Crippen LogP contribution in [-0.2, 0) is 9.59 Å². The van der Waals surface area contributed by atoms with E-state index >= 15 is 0 Å². The predicted octanol–water partition coefficient (Wildman–Crippen LogP) is 2.52. The summed E-state index contributed by atoms with van der Waals surface area (Å²) >= 11 is 0. The average Bonchev–Trinajstić information content (AvgIpc) is 2.87. The minimum atomic E-state index is -0.516. The van der Waals surface area contributed by atoms with Crippen molar-refractivity contribution in [3.63, 3.8) is 0 Å². The van der Waals surface area contributed by atoms with Crippen LogP contribution in [0.5, 0.6) is 0 Å². The Hall–Kier alpha value is -2.83. The van der Waals surface area contributed by atoms with Gasteiger partial charge < -0.3 is 9.32 Å². The van der Waals surface area contributed by atoms with Crippen LogP contribution in [0.25, 0.3) is 11.0 Å². The smallest absolute Gasteiger partial charge is 0.305 e. The van der Waals surface area contributed by atoms with Gasteiger partial charge in [0.15, 0.2) is 5.76 Å². The first-order valence-electron chi connectivity index (χ1n) is 9.24. The lowest BCUT2D eigenvalue weighted by molar-refractivity contribution is -0.135. The molecular formula is C20H25N3O4. The van der Waals surface area contributed by atoms with Gasteiger partial charge in [0, 0.05) is 23.9 Å². The lowest BCUT2D eigenvalue weighted by Crippen LogP contribution is -2.47. The second-order valence-corrected chi connectivity index (χ2v) is 7.09. The van der Waals surface area contributed by atoms with Crippen LogP contribution in [0.15, 0.2) is 16.5 Å². The first-order valence-corrected chi connectivity index (χ1v) is 9.24. The number of hydrazine groups is 1. The highest BCUT2D eigenvalue weighted by molar-refractivity contribution is 6.01. The van der Waals surface area contributed by atoms with Gasteiger partial charge in [-0.25, -0.2) is 0 Å². The summed E-state index contributed by atoms with van der Waals surface area (Å²) in [5.74, 6) is -0.792. The number of hydrogen-bond donors (Lipinski definition) is 2. The number of aryl methyl sites for hydroxylation is 3. The summed E-state index contributed by atoms with van der Waals surface area (Å²) < 4.78 is 5.76. The fraction of sp³-hybridized carbons (Fsp3) is 0.450. The molecule has 144 valence electrons. The third-order valence-corrected chi connectivity index (χ3v) is 5.01. The lowest BCUT2D eigenvalue weighted by atomic mass is 10.0. The molecule has 2 aromatic rings. The number of benzene rings is 1. The number of amides is 3. The molecule has 7 heteroatoms. The van der Waals surface area contributed by atoms with Crippen LogP contribution in [0.4, 0.5) is 0 Å². The predicted molar refractivity (Wildman–Crippen MR) is 101 cm³/mol. The summed E-state index contributed by atoms with van der Waals surface area (Å²) in [5, 5.41) is 0.918. The Morgan fingerprint density at radius 1 is 1.07 bits per heavy atom. The van der Waals surface area contributed by atoms with Crippen molar-refractivity contribution in [3.05, 3.63) is 34.6 Å². The third kappa shape index (κ3) is 3.97. The Kier molecular flexibility index (Phi) is 5.48. The van der Waals surface area contributed by atoms with Gasteiger partial charge in [-0.2, -0.15) is 0 Å². The summed E-state index contributed by atoms with van der Waals surface area (Å²) in [6.07, 6.45) is 3.21. The fourth-order valence-electron chi connectivity index (χ4n) is 3.49. The number of hydrogen-bond acceptors (Lipinski definition) is 4. The van der Waals surface area contributed by atoms with Crippen molar-refractivity contribution in [2.45, 2.75) is 46.5 Å². The zero-order chi connectivity index (χ0) is 19.6. The van der Waals surface area contributed by atoms with E-state index < -0.39 is 11.8 Å². The fourth-order valence-corrected chi connectivity index (χ4v) is 3.49. The second-order valence-electron chi connectivity index (χ2n) is 7.09. The van der Waals surface area contributed by atoms with Gasteiger partial charge in [-0.3, -0.25) is 25.2 Å². The van der Waals surface area contributed by atoms with E-state index in [-0.39, 0.29) is 18.2 Å². The van der Waals surface area contributed by atoms with E-state index in [0.29, 0.717) is 18.5 Å². The molecule has 1 aliphatic heterocycles. The van der Waals surface area contributed by atoms with Crippen LogP contribution in [0.3, 0.4) is 0 Å². The van der Waals surface area contributed by atoms with Crippen molar-refractivity contribution in [3.8, 4) is 0 Å². The summed E-state index contributed by atoms with van der Waals surface area (Å²) in [6, 6.07) is 3.93. The second kappa shape index (κ2) is 7.82. The molecule has 0 radical (unpaired) electrons. The van der Waals surface area contributed by atoms with Crippen molar-refractivity contribution in [1.82, 2.24) is 15.8 Å². The summed E-state index contributed by atoms with van der Waals surface area (Å²) in [7, 11) is 0. The quantitative estimate of drug-likeness (QED) is 0.811. The van der Waals surface area contributed by atoms with E-state index in [1.807, 2.05) is 32.9 Å². The molecule has 0 spiro atoms. The Balaban J connectivity index is 1.65. The van der Waals surface area contributed by atoms with Gasteiger partial charge in [-0.05, 0) is 44.7 Å². The number of carbonyl (C=O) groups is 3. The number of furan rings is 1. The SMILES string of the molecule is Cc1ccc(C)c2c(C)c(C(=O)NNC(=O)CN3CCCCCC3=O)oc12. The number of nitrogens with one attached hydrogen (secondary N) is 2. The maximum Gasteiger partial charge on any atom is 0.305 e. The number of nitrogens with zero attached hydrogens (tertiary/aromatic N) is 1. The molecule has 2 heterocycles. The molecule has 0 saturated carbocycles. The first kappa shape index (κ1) is 18.9. The molecule has 0 bridgehead atoms. The van der Waals surface area contributed by atoms with Crippen molar-refractivity contribution in [2.75, 3.05) is 13.1 Å². The highest BCUT2D eigenvalue weighted by Gasteiger charge is 2.22. The van der Waals surface area contributed by atoms with Gasteiger partial charge in [0.1, 0.15) is 12.1 Å². The molecule has 3 rings (SSSR count). The molecule has 1 aromatic carbocycles. The van der Waals surface area contributed by atoms with Crippen molar-refractivity contribution >= 4 is 28.7 Å². The highest BCUT2D eigenvalue weighted by atomic mass is 16.3. The molecule has 0 aliphatic carbocycles. The molecule has 27 heavy (non-hydrogen) atoms. The Morgan fingerprint density at radius 3 is 2.56 bits per heavy atom. The molecule has 1 aromatic heterocycles. The highest BCUT2D eigenvalue weighted by Crippen LogP contribution is 2.30. The first-order chi connectivity index (χ1) is 12.9. The van der Waals surface area contributed by atoms with E-state index in [9.17, 15) is 14.4 Å². The van der Waals surface area contributed by atoms with Crippen molar-refractivity contribution < 1.29 is 18.8 Å². The minimum absolute atomic E-state index is 0.0203. The topological polar surface area (TPSA) is 91.7 Å². The van der Waals surface area contributed by atoms with Gasteiger partial charge in [-0.1, -0.05) is 18.6 Å². The maximum absolute atomic E-state index is 12.5. The average molecular weight is 371 g/mol. The Morgan fingerprint density at radius 2 is 1.81 bits per heavy atom. The number of likely N-dealkylation sites (tertiary alicyclic amines) is 1. The minimum Gasteiger partial charge on any atom is -0.450 e. The van der Waals surface area contributed by atoms with E-state index in [1.54, 1.807) is 0 Å². The molecule has 3 amide bonds. The Bertz CT molecular complexity index is 900. The van der Waals surface area contributed by atoms with Crippen LogP contribution < -0.4 is 10.9 Å². The largest absolute Gasteiger partial charge is 0.450 e. The van der Waals surface area contributed by atoms with Gasteiger partial charge in [0.2, 0.25) is 5.91 Å². The third-order valence-electron chi connectivity index (χ3n) is 5.01. The lowest BCUT2D eigenvalue weighted by Gasteiger charge is -2.19. The van der Waals surface area contributed by atoms with Crippen molar-refractivity contribution in [2.24, 2.45) is 0 Å². The standard InChI is InChI=1S/C20H25N3O4/c1-12-8-9-13(2)18-17(12)14(3)19(27-18)20(26)22-21-15(24)11-23-10-6-4-5-7-16(23)25/h8-9H,4-7,10-11H2,1-3H3,(H,21,24)(H,22,26). The monoisotopic (exact) mass is 371 g/mol. The van der Waals surface area contributed by atoms with Crippen LogP contribution >= 0.6 is 0 Å². The number of rotatable bonds is 3. The Labute approximate surface area is 158 Å². The molecule has 0 unspecified atom stereocenters. The molecule has 1 fully saturated rings. The van der Waals surface area contributed by atoms with Crippen molar-refractivity contribution in [1.29, 1.82) is 0 Å².